The van der Waals surface area contributed by atoms with Crippen LogP contribution in [0.25, 0.3) is 0 Å². The first kappa shape index (κ1) is 10.0. The Morgan fingerprint density at radius 3 is 2.69 bits per heavy atom. The summed E-state index contributed by atoms with van der Waals surface area (Å²) in [7, 11) is 0.0217. The Bertz CT molecular complexity index is 291. The van der Waals surface area contributed by atoms with Crippen LogP contribution in [0.15, 0.2) is 12.3 Å². The lowest BCUT2D eigenvalue weighted by molar-refractivity contribution is 0.396. The van der Waals surface area contributed by atoms with Crippen molar-refractivity contribution >= 4 is 12.6 Å². The third-order valence-corrected chi connectivity index (χ3v) is 1.87. The fourth-order valence-electron chi connectivity index (χ4n) is 1.13. The third kappa shape index (κ3) is 2.20. The van der Waals surface area contributed by atoms with Gasteiger partial charge in [-0.3, -0.25) is 0 Å². The van der Waals surface area contributed by atoms with Gasteiger partial charge in [0.1, 0.15) is 0 Å². The quantitative estimate of drug-likeness (QED) is 0.607. The second-order valence-corrected chi connectivity index (χ2v) is 2.65. The second-order valence-electron chi connectivity index (χ2n) is 2.65. The van der Waals surface area contributed by atoms with E-state index in [1.54, 1.807) is 6.20 Å². The maximum Gasteiger partial charge on any atom is 0.488 e. The molecule has 5 heteroatoms. The van der Waals surface area contributed by atoms with Crippen LogP contribution in [0.2, 0.25) is 0 Å². The lowest BCUT2D eigenvalue weighted by Crippen LogP contribution is -2.33. The molecule has 1 aromatic heterocycles. The number of hydrogen-bond donors (Lipinski definition) is 2. The van der Waals surface area contributed by atoms with Crippen molar-refractivity contribution in [1.82, 2.24) is 4.98 Å². The van der Waals surface area contributed by atoms with Crippen LogP contribution in [0.1, 0.15) is 12.5 Å². The topological polar surface area (TPSA) is 62.6 Å². The van der Waals surface area contributed by atoms with Gasteiger partial charge < -0.3 is 14.8 Å². The van der Waals surface area contributed by atoms with Crippen LogP contribution in [-0.2, 0) is 6.42 Å². The monoisotopic (exact) mass is 181 g/mol. The molecule has 0 aliphatic heterocycles. The molecule has 70 valence electrons. The Morgan fingerprint density at radius 1 is 1.54 bits per heavy atom. The first-order valence-electron chi connectivity index (χ1n) is 4.08. The molecule has 0 aliphatic rings. The van der Waals surface area contributed by atoms with E-state index < -0.39 is 7.12 Å². The van der Waals surface area contributed by atoms with Gasteiger partial charge in [0.25, 0.3) is 0 Å². The van der Waals surface area contributed by atoms with Gasteiger partial charge in [0, 0.05) is 12.3 Å². The summed E-state index contributed by atoms with van der Waals surface area (Å²) in [6.45, 7) is 1.93. The average Bonchev–Trinajstić information content (AvgIpc) is 2.16. The lowest BCUT2D eigenvalue weighted by Gasteiger charge is -2.07. The Kier molecular flexibility index (Phi) is 3.28. The molecule has 0 saturated heterocycles. The molecule has 0 amide bonds. The van der Waals surface area contributed by atoms with Crippen molar-refractivity contribution in [3.05, 3.63) is 17.8 Å². The predicted octanol–water partition coefficient (Wildman–Crippen LogP) is -0.668. The summed E-state index contributed by atoms with van der Waals surface area (Å²) in [6, 6.07) is 1.53. The van der Waals surface area contributed by atoms with E-state index in [2.05, 4.69) is 4.98 Å². The van der Waals surface area contributed by atoms with E-state index in [0.717, 1.165) is 5.56 Å². The fraction of sp³-hybridized carbons (Fsp3) is 0.375. The highest BCUT2D eigenvalue weighted by molar-refractivity contribution is 6.59. The zero-order valence-electron chi connectivity index (χ0n) is 7.69. The van der Waals surface area contributed by atoms with E-state index in [-0.39, 0.29) is 0 Å². The largest absolute Gasteiger partial charge is 0.488 e. The zero-order valence-corrected chi connectivity index (χ0v) is 7.69. The minimum Gasteiger partial charge on any atom is -0.481 e. The van der Waals surface area contributed by atoms with Crippen LogP contribution in [0.4, 0.5) is 0 Å². The number of nitrogens with zero attached hydrogens (tertiary/aromatic N) is 1. The number of hydrogen-bond acceptors (Lipinski definition) is 4. The summed E-state index contributed by atoms with van der Waals surface area (Å²) in [6.07, 6.45) is 2.30. The summed E-state index contributed by atoms with van der Waals surface area (Å²) in [5.41, 5.74) is 1.27. The van der Waals surface area contributed by atoms with Crippen molar-refractivity contribution in [3.63, 3.8) is 0 Å². The highest BCUT2D eigenvalue weighted by Crippen LogP contribution is 2.05. The molecule has 0 aliphatic carbocycles. The molecule has 1 heterocycles. The van der Waals surface area contributed by atoms with Gasteiger partial charge in [-0.25, -0.2) is 4.98 Å². The first-order chi connectivity index (χ1) is 6.19. The first-order valence-corrected chi connectivity index (χ1v) is 4.08. The van der Waals surface area contributed by atoms with Crippen molar-refractivity contribution in [3.8, 4) is 5.88 Å². The maximum absolute atomic E-state index is 9.03. The van der Waals surface area contributed by atoms with Gasteiger partial charge in [0.05, 0.1) is 7.11 Å². The predicted molar refractivity (Wildman–Crippen MR) is 50.0 cm³/mol. The molecule has 2 N–H and O–H groups in total. The van der Waals surface area contributed by atoms with E-state index in [9.17, 15) is 0 Å². The highest BCUT2D eigenvalue weighted by atomic mass is 16.5. The van der Waals surface area contributed by atoms with Gasteiger partial charge in [0.15, 0.2) is 0 Å². The lowest BCUT2D eigenvalue weighted by atomic mass is 9.77. The van der Waals surface area contributed by atoms with Crippen LogP contribution in [-0.4, -0.2) is 29.3 Å². The SMILES string of the molecule is CCc1cnc(OC)cc1B(O)O. The van der Waals surface area contributed by atoms with E-state index >= 15 is 0 Å². The van der Waals surface area contributed by atoms with Gasteiger partial charge in [-0.15, -0.1) is 0 Å². The smallest absolute Gasteiger partial charge is 0.481 e. The van der Waals surface area contributed by atoms with Crippen molar-refractivity contribution in [2.75, 3.05) is 7.11 Å². The number of aryl methyl sites for hydroxylation is 1. The van der Waals surface area contributed by atoms with E-state index in [1.165, 1.54) is 13.2 Å². The second kappa shape index (κ2) is 4.25. The summed E-state index contributed by atoms with van der Waals surface area (Å²) in [4.78, 5) is 3.97. The average molecular weight is 181 g/mol. The molecule has 1 rings (SSSR count). The van der Waals surface area contributed by atoms with Crippen LogP contribution < -0.4 is 10.2 Å². The van der Waals surface area contributed by atoms with Crippen LogP contribution in [0.3, 0.4) is 0 Å². The van der Waals surface area contributed by atoms with Crippen molar-refractivity contribution in [2.24, 2.45) is 0 Å². The molecule has 0 spiro atoms. The number of pyridine rings is 1. The maximum atomic E-state index is 9.03. The Balaban J connectivity index is 3.10. The van der Waals surface area contributed by atoms with Gasteiger partial charge in [-0.05, 0) is 17.4 Å². The summed E-state index contributed by atoms with van der Waals surface area (Å²) >= 11 is 0. The molecule has 4 nitrogen and oxygen atoms in total. The number of rotatable bonds is 3. The summed E-state index contributed by atoms with van der Waals surface area (Å²) in [5.74, 6) is 0.389. The van der Waals surface area contributed by atoms with Gasteiger partial charge in [-0.1, -0.05) is 6.92 Å². The van der Waals surface area contributed by atoms with Crippen LogP contribution in [0, 0.1) is 0 Å². The van der Waals surface area contributed by atoms with Gasteiger partial charge in [-0.2, -0.15) is 0 Å². The Morgan fingerprint density at radius 2 is 2.23 bits per heavy atom. The van der Waals surface area contributed by atoms with Gasteiger partial charge >= 0.3 is 7.12 Å². The number of ether oxygens (including phenoxy) is 1. The zero-order chi connectivity index (χ0) is 9.84. The molecule has 1 aromatic rings. The number of aromatic nitrogens is 1. The highest BCUT2D eigenvalue weighted by Gasteiger charge is 2.16. The molecule has 0 aromatic carbocycles. The van der Waals surface area contributed by atoms with Crippen molar-refractivity contribution < 1.29 is 14.8 Å². The summed E-state index contributed by atoms with van der Waals surface area (Å²) in [5, 5.41) is 18.1. The molecule has 13 heavy (non-hydrogen) atoms. The molecule has 0 fully saturated rings. The molecule has 0 unspecified atom stereocenters. The standard InChI is InChI=1S/C8H12BNO3/c1-3-6-5-10-8(13-2)4-7(6)9(11)12/h4-5,11-12H,3H2,1-2H3. The Labute approximate surface area is 77.3 Å². The van der Waals surface area contributed by atoms with Crippen molar-refractivity contribution in [2.45, 2.75) is 13.3 Å². The normalized spacial score (nSPS) is 9.85. The number of methoxy groups -OCH3 is 1. The molecular formula is C8H12BNO3. The molecule has 0 bridgehead atoms. The fourth-order valence-corrected chi connectivity index (χ4v) is 1.13. The van der Waals surface area contributed by atoms with E-state index in [1.807, 2.05) is 6.92 Å². The Hall–Kier alpha value is -1.07. The molecule has 0 saturated carbocycles. The molecule has 0 atom stereocenters. The van der Waals surface area contributed by atoms with Crippen LogP contribution >= 0.6 is 0 Å². The van der Waals surface area contributed by atoms with Gasteiger partial charge in [0.2, 0.25) is 5.88 Å². The van der Waals surface area contributed by atoms with Crippen molar-refractivity contribution in [1.29, 1.82) is 0 Å². The minimum atomic E-state index is -1.47. The third-order valence-electron chi connectivity index (χ3n) is 1.87. The summed E-state index contributed by atoms with van der Waals surface area (Å²) < 4.78 is 4.87. The molecule has 0 radical (unpaired) electrons. The van der Waals surface area contributed by atoms with E-state index in [4.69, 9.17) is 14.8 Å². The molecular weight excluding hydrogens is 169 g/mol. The van der Waals surface area contributed by atoms with E-state index in [0.29, 0.717) is 17.8 Å². The van der Waals surface area contributed by atoms with Crippen LogP contribution in [0.5, 0.6) is 5.88 Å². The minimum absolute atomic E-state index is 0.389.